The highest BCUT2D eigenvalue weighted by atomic mass is 16.5. The molecule has 2 aromatic carbocycles. The largest absolute Gasteiger partial charge is 0.497 e. The first-order valence-corrected chi connectivity index (χ1v) is 7.02. The van der Waals surface area contributed by atoms with E-state index in [1.165, 1.54) is 16.7 Å². The average molecular weight is 286 g/mol. The highest BCUT2D eigenvalue weighted by Crippen LogP contribution is 2.26. The van der Waals surface area contributed by atoms with Crippen LogP contribution in [-0.2, 0) is 13.2 Å². The molecule has 0 radical (unpaired) electrons. The van der Waals surface area contributed by atoms with E-state index in [4.69, 9.17) is 9.47 Å². The smallest absolute Gasteiger partial charge is 0.129 e. The molecule has 0 spiro atoms. The Labute approximate surface area is 126 Å². The molecular formula is C18H22O3. The van der Waals surface area contributed by atoms with Crippen molar-refractivity contribution in [2.75, 3.05) is 7.11 Å². The molecule has 0 atom stereocenters. The van der Waals surface area contributed by atoms with Crippen LogP contribution in [0, 0.1) is 20.8 Å². The Bertz CT molecular complexity index is 609. The summed E-state index contributed by atoms with van der Waals surface area (Å²) in [5, 5.41) is 9.38. The van der Waals surface area contributed by atoms with Crippen LogP contribution < -0.4 is 9.47 Å². The van der Waals surface area contributed by atoms with Gasteiger partial charge in [0.1, 0.15) is 18.1 Å². The van der Waals surface area contributed by atoms with Gasteiger partial charge in [0.15, 0.2) is 0 Å². The number of aliphatic hydroxyl groups excluding tert-OH is 1. The topological polar surface area (TPSA) is 38.7 Å². The zero-order valence-corrected chi connectivity index (χ0v) is 13.1. The van der Waals surface area contributed by atoms with Crippen LogP contribution in [0.2, 0.25) is 0 Å². The van der Waals surface area contributed by atoms with Crippen LogP contribution in [0.3, 0.4) is 0 Å². The normalized spacial score (nSPS) is 10.5. The monoisotopic (exact) mass is 286 g/mol. The van der Waals surface area contributed by atoms with Crippen molar-refractivity contribution < 1.29 is 14.6 Å². The molecule has 0 aliphatic heterocycles. The Kier molecular flexibility index (Phi) is 4.86. The minimum absolute atomic E-state index is 0.0503. The molecule has 0 bridgehead atoms. The fourth-order valence-corrected chi connectivity index (χ4v) is 2.30. The summed E-state index contributed by atoms with van der Waals surface area (Å²) in [6.45, 7) is 6.77. The SMILES string of the molecule is COc1ccc(CO)c(OCc2cc(C)c(C)c(C)c2)c1. The predicted molar refractivity (Wildman–Crippen MR) is 83.9 cm³/mol. The molecule has 0 aliphatic carbocycles. The number of aryl methyl sites for hydroxylation is 2. The first-order valence-electron chi connectivity index (χ1n) is 7.02. The van der Waals surface area contributed by atoms with Crippen LogP contribution in [0.25, 0.3) is 0 Å². The van der Waals surface area contributed by atoms with E-state index in [9.17, 15) is 5.11 Å². The molecule has 0 aromatic heterocycles. The molecule has 0 fully saturated rings. The first kappa shape index (κ1) is 15.4. The molecule has 21 heavy (non-hydrogen) atoms. The van der Waals surface area contributed by atoms with Crippen molar-refractivity contribution >= 4 is 0 Å². The molecule has 0 saturated heterocycles. The Morgan fingerprint density at radius 2 is 1.67 bits per heavy atom. The van der Waals surface area contributed by atoms with Crippen molar-refractivity contribution in [3.8, 4) is 11.5 Å². The van der Waals surface area contributed by atoms with Crippen LogP contribution in [0.5, 0.6) is 11.5 Å². The summed E-state index contributed by atoms with van der Waals surface area (Å²) in [6, 6.07) is 9.72. The fourth-order valence-electron chi connectivity index (χ4n) is 2.30. The minimum atomic E-state index is -0.0503. The molecule has 0 amide bonds. The van der Waals surface area contributed by atoms with Gasteiger partial charge in [-0.25, -0.2) is 0 Å². The minimum Gasteiger partial charge on any atom is -0.497 e. The molecule has 2 aromatic rings. The van der Waals surface area contributed by atoms with Gasteiger partial charge >= 0.3 is 0 Å². The summed E-state index contributed by atoms with van der Waals surface area (Å²) in [4.78, 5) is 0. The summed E-state index contributed by atoms with van der Waals surface area (Å²) in [5.74, 6) is 1.38. The van der Waals surface area contributed by atoms with E-state index in [2.05, 4.69) is 32.9 Å². The first-order chi connectivity index (χ1) is 10.0. The molecule has 0 aliphatic rings. The molecule has 2 rings (SSSR count). The zero-order valence-electron chi connectivity index (χ0n) is 13.1. The molecule has 0 saturated carbocycles. The molecule has 0 heterocycles. The van der Waals surface area contributed by atoms with Crippen molar-refractivity contribution in [3.63, 3.8) is 0 Å². The fraction of sp³-hybridized carbons (Fsp3) is 0.333. The van der Waals surface area contributed by atoms with Gasteiger partial charge in [-0.2, -0.15) is 0 Å². The highest BCUT2D eigenvalue weighted by molar-refractivity contribution is 5.41. The van der Waals surface area contributed by atoms with E-state index in [1.807, 2.05) is 12.1 Å². The lowest BCUT2D eigenvalue weighted by Crippen LogP contribution is -2.01. The van der Waals surface area contributed by atoms with Gasteiger partial charge in [0, 0.05) is 11.6 Å². The lowest BCUT2D eigenvalue weighted by Gasteiger charge is -2.13. The van der Waals surface area contributed by atoms with E-state index in [0.29, 0.717) is 12.4 Å². The summed E-state index contributed by atoms with van der Waals surface area (Å²) in [7, 11) is 1.62. The summed E-state index contributed by atoms with van der Waals surface area (Å²) < 4.78 is 11.1. The van der Waals surface area contributed by atoms with Crippen LogP contribution >= 0.6 is 0 Å². The van der Waals surface area contributed by atoms with Crippen LogP contribution in [0.4, 0.5) is 0 Å². The maximum absolute atomic E-state index is 9.38. The third kappa shape index (κ3) is 3.56. The van der Waals surface area contributed by atoms with Crippen LogP contribution in [0.1, 0.15) is 27.8 Å². The van der Waals surface area contributed by atoms with Gasteiger partial charge in [-0.3, -0.25) is 0 Å². The van der Waals surface area contributed by atoms with E-state index in [1.54, 1.807) is 13.2 Å². The Morgan fingerprint density at radius 3 is 2.24 bits per heavy atom. The van der Waals surface area contributed by atoms with E-state index in [0.717, 1.165) is 16.9 Å². The van der Waals surface area contributed by atoms with Gasteiger partial charge in [0.2, 0.25) is 0 Å². The third-order valence-electron chi connectivity index (χ3n) is 3.83. The second kappa shape index (κ2) is 6.64. The van der Waals surface area contributed by atoms with Crippen molar-refractivity contribution in [1.82, 2.24) is 0 Å². The van der Waals surface area contributed by atoms with Crippen LogP contribution in [-0.4, -0.2) is 12.2 Å². The molecule has 3 heteroatoms. The Morgan fingerprint density at radius 1 is 1.00 bits per heavy atom. The Hall–Kier alpha value is -2.00. The quantitative estimate of drug-likeness (QED) is 0.911. The summed E-state index contributed by atoms with van der Waals surface area (Å²) in [5.41, 5.74) is 5.73. The molecule has 112 valence electrons. The molecular weight excluding hydrogens is 264 g/mol. The maximum atomic E-state index is 9.38. The number of ether oxygens (including phenoxy) is 2. The lowest BCUT2D eigenvalue weighted by atomic mass is 10.0. The molecule has 0 unspecified atom stereocenters. The molecule has 3 nitrogen and oxygen atoms in total. The number of benzene rings is 2. The number of rotatable bonds is 5. The van der Waals surface area contributed by atoms with E-state index < -0.39 is 0 Å². The van der Waals surface area contributed by atoms with Gasteiger partial charge < -0.3 is 14.6 Å². The standard InChI is InChI=1S/C18H22O3/c1-12-7-15(8-13(2)14(12)3)11-21-18-9-17(20-4)6-5-16(18)10-19/h5-9,19H,10-11H2,1-4H3. The zero-order chi connectivity index (χ0) is 15.4. The number of aliphatic hydroxyl groups is 1. The predicted octanol–water partition coefficient (Wildman–Crippen LogP) is 3.69. The second-order valence-corrected chi connectivity index (χ2v) is 5.28. The second-order valence-electron chi connectivity index (χ2n) is 5.28. The third-order valence-corrected chi connectivity index (χ3v) is 3.83. The maximum Gasteiger partial charge on any atom is 0.129 e. The average Bonchev–Trinajstić information content (AvgIpc) is 2.50. The van der Waals surface area contributed by atoms with Gasteiger partial charge in [-0.1, -0.05) is 12.1 Å². The number of hydrogen-bond donors (Lipinski definition) is 1. The van der Waals surface area contributed by atoms with Crippen molar-refractivity contribution in [2.45, 2.75) is 34.0 Å². The van der Waals surface area contributed by atoms with Crippen molar-refractivity contribution in [3.05, 3.63) is 58.1 Å². The number of hydrogen-bond acceptors (Lipinski definition) is 3. The van der Waals surface area contributed by atoms with Gasteiger partial charge in [0.05, 0.1) is 13.7 Å². The van der Waals surface area contributed by atoms with Crippen molar-refractivity contribution in [2.24, 2.45) is 0 Å². The molecule has 1 N–H and O–H groups in total. The van der Waals surface area contributed by atoms with Crippen LogP contribution in [0.15, 0.2) is 30.3 Å². The Balaban J connectivity index is 2.19. The van der Waals surface area contributed by atoms with Gasteiger partial charge in [-0.05, 0) is 55.2 Å². The lowest BCUT2D eigenvalue weighted by molar-refractivity contribution is 0.258. The summed E-state index contributed by atoms with van der Waals surface area (Å²) in [6.07, 6.45) is 0. The number of methoxy groups -OCH3 is 1. The highest BCUT2D eigenvalue weighted by Gasteiger charge is 2.07. The van der Waals surface area contributed by atoms with Gasteiger partial charge in [0.25, 0.3) is 0 Å². The van der Waals surface area contributed by atoms with E-state index >= 15 is 0 Å². The van der Waals surface area contributed by atoms with Gasteiger partial charge in [-0.15, -0.1) is 0 Å². The summed E-state index contributed by atoms with van der Waals surface area (Å²) >= 11 is 0. The van der Waals surface area contributed by atoms with Crippen molar-refractivity contribution in [1.29, 1.82) is 0 Å². The van der Waals surface area contributed by atoms with E-state index in [-0.39, 0.29) is 6.61 Å².